The fourth-order valence-corrected chi connectivity index (χ4v) is 1.65. The van der Waals surface area contributed by atoms with E-state index in [0.29, 0.717) is 5.56 Å². The van der Waals surface area contributed by atoms with Gasteiger partial charge in [-0.2, -0.15) is 0 Å². The number of aliphatic carboxylic acids is 1. The minimum absolute atomic E-state index is 0.339. The maximum absolute atomic E-state index is 12.1. The third kappa shape index (κ3) is 3.94. The Kier molecular flexibility index (Phi) is 4.70. The molecule has 6 nitrogen and oxygen atoms in total. The lowest BCUT2D eigenvalue weighted by atomic mass is 9.86. The van der Waals surface area contributed by atoms with Gasteiger partial charge in [-0.25, -0.2) is 9.78 Å². The molecular formula is C14H21N3O3. The second-order valence-corrected chi connectivity index (χ2v) is 5.91. The van der Waals surface area contributed by atoms with Gasteiger partial charge in [-0.1, -0.05) is 20.8 Å². The molecule has 1 heterocycles. The number of hydrogen-bond donors (Lipinski definition) is 2. The number of carboxylic acids is 1. The molecule has 20 heavy (non-hydrogen) atoms. The van der Waals surface area contributed by atoms with Crippen LogP contribution in [0.2, 0.25) is 0 Å². The molecule has 0 bridgehead atoms. The van der Waals surface area contributed by atoms with Crippen LogP contribution in [0.1, 0.15) is 31.1 Å². The molecule has 1 rings (SSSR count). The van der Waals surface area contributed by atoms with Crippen LogP contribution in [0.3, 0.4) is 0 Å². The summed E-state index contributed by atoms with van der Waals surface area (Å²) in [5.41, 5.74) is -0.232. The first-order valence-electron chi connectivity index (χ1n) is 6.30. The number of amides is 1. The van der Waals surface area contributed by atoms with Crippen molar-refractivity contribution in [3.8, 4) is 0 Å². The van der Waals surface area contributed by atoms with Crippen LogP contribution in [0.15, 0.2) is 18.3 Å². The van der Waals surface area contributed by atoms with Gasteiger partial charge in [0.2, 0.25) is 0 Å². The van der Waals surface area contributed by atoms with Gasteiger partial charge in [0.05, 0.1) is 5.56 Å². The molecule has 0 aromatic carbocycles. The lowest BCUT2D eigenvalue weighted by Gasteiger charge is -2.27. The molecule has 0 saturated heterocycles. The normalized spacial score (nSPS) is 12.7. The summed E-state index contributed by atoms with van der Waals surface area (Å²) in [6.07, 6.45) is 1.44. The highest BCUT2D eigenvalue weighted by atomic mass is 16.4. The SMILES string of the molecule is CN(C)c1ccc(C(=O)N[C@@H](C(=O)O)C(C)(C)C)cn1. The molecule has 1 aromatic rings. The molecule has 0 unspecified atom stereocenters. The Balaban J connectivity index is 2.87. The van der Waals surface area contributed by atoms with E-state index in [1.807, 2.05) is 19.0 Å². The zero-order valence-electron chi connectivity index (χ0n) is 12.5. The van der Waals surface area contributed by atoms with Gasteiger partial charge in [0, 0.05) is 20.3 Å². The van der Waals surface area contributed by atoms with Crippen molar-refractivity contribution in [3.63, 3.8) is 0 Å². The maximum Gasteiger partial charge on any atom is 0.326 e. The summed E-state index contributed by atoms with van der Waals surface area (Å²) in [6.45, 7) is 5.29. The summed E-state index contributed by atoms with van der Waals surface area (Å²) in [4.78, 5) is 29.2. The standard InChI is InChI=1S/C14H21N3O3/c1-14(2,3)11(13(19)20)16-12(18)9-6-7-10(15-8-9)17(4)5/h6-8,11H,1-5H3,(H,16,18)(H,19,20)/t11-/m0/s1. The van der Waals surface area contributed by atoms with E-state index < -0.39 is 23.3 Å². The molecule has 2 N–H and O–H groups in total. The monoisotopic (exact) mass is 279 g/mol. The van der Waals surface area contributed by atoms with Crippen LogP contribution in [0.4, 0.5) is 5.82 Å². The average molecular weight is 279 g/mol. The van der Waals surface area contributed by atoms with E-state index in [1.165, 1.54) is 6.20 Å². The predicted octanol–water partition coefficient (Wildman–Crippen LogP) is 1.38. The molecule has 0 aliphatic heterocycles. The van der Waals surface area contributed by atoms with Crippen LogP contribution in [-0.4, -0.2) is 42.1 Å². The minimum atomic E-state index is -1.05. The second-order valence-electron chi connectivity index (χ2n) is 5.91. The first kappa shape index (κ1) is 15.9. The number of hydrogen-bond acceptors (Lipinski definition) is 4. The third-order valence-corrected chi connectivity index (χ3v) is 2.86. The summed E-state index contributed by atoms with van der Waals surface area (Å²) in [7, 11) is 3.70. The van der Waals surface area contributed by atoms with Crippen LogP contribution >= 0.6 is 0 Å². The Morgan fingerprint density at radius 3 is 2.25 bits per heavy atom. The number of carboxylic acid groups (broad SMARTS) is 1. The minimum Gasteiger partial charge on any atom is -0.480 e. The summed E-state index contributed by atoms with van der Waals surface area (Å²) >= 11 is 0. The fraction of sp³-hybridized carbons (Fsp3) is 0.500. The summed E-state index contributed by atoms with van der Waals surface area (Å²) in [6, 6.07) is 2.38. The van der Waals surface area contributed by atoms with Crippen molar-refractivity contribution in [2.45, 2.75) is 26.8 Å². The molecule has 0 aliphatic rings. The van der Waals surface area contributed by atoms with E-state index in [2.05, 4.69) is 10.3 Å². The molecule has 0 radical (unpaired) electrons. The highest BCUT2D eigenvalue weighted by Gasteiger charge is 2.32. The van der Waals surface area contributed by atoms with E-state index in [9.17, 15) is 14.7 Å². The number of rotatable bonds is 4. The molecule has 0 saturated carbocycles. The number of carbonyl (C=O) groups is 2. The lowest BCUT2D eigenvalue weighted by molar-refractivity contribution is -0.142. The summed E-state index contributed by atoms with van der Waals surface area (Å²) in [5, 5.41) is 11.7. The first-order chi connectivity index (χ1) is 9.12. The Morgan fingerprint density at radius 2 is 1.90 bits per heavy atom. The van der Waals surface area contributed by atoms with Crippen LogP contribution < -0.4 is 10.2 Å². The number of anilines is 1. The Morgan fingerprint density at radius 1 is 1.30 bits per heavy atom. The van der Waals surface area contributed by atoms with Gasteiger partial charge in [-0.15, -0.1) is 0 Å². The molecule has 1 amide bonds. The lowest BCUT2D eigenvalue weighted by Crippen LogP contribution is -2.49. The van der Waals surface area contributed by atoms with Gasteiger partial charge in [-0.05, 0) is 17.5 Å². The van der Waals surface area contributed by atoms with Crippen molar-refractivity contribution in [1.29, 1.82) is 0 Å². The molecular weight excluding hydrogens is 258 g/mol. The fourth-order valence-electron chi connectivity index (χ4n) is 1.65. The molecule has 0 fully saturated rings. The Labute approximate surface area is 118 Å². The molecule has 0 aliphatic carbocycles. The van der Waals surface area contributed by atoms with Crippen LogP contribution in [0.25, 0.3) is 0 Å². The van der Waals surface area contributed by atoms with Gasteiger partial charge < -0.3 is 15.3 Å². The number of carbonyl (C=O) groups excluding carboxylic acids is 1. The molecule has 1 atom stereocenters. The van der Waals surface area contributed by atoms with E-state index in [-0.39, 0.29) is 0 Å². The molecule has 6 heteroatoms. The maximum atomic E-state index is 12.1. The van der Waals surface area contributed by atoms with Crippen LogP contribution in [-0.2, 0) is 4.79 Å². The van der Waals surface area contributed by atoms with Crippen molar-refractivity contribution >= 4 is 17.7 Å². The van der Waals surface area contributed by atoms with Crippen LogP contribution in [0.5, 0.6) is 0 Å². The van der Waals surface area contributed by atoms with Crippen molar-refractivity contribution in [2.24, 2.45) is 5.41 Å². The van der Waals surface area contributed by atoms with Gasteiger partial charge in [0.1, 0.15) is 11.9 Å². The number of aromatic nitrogens is 1. The largest absolute Gasteiger partial charge is 0.480 e. The van der Waals surface area contributed by atoms with E-state index in [1.54, 1.807) is 32.9 Å². The van der Waals surface area contributed by atoms with Crippen molar-refractivity contribution in [1.82, 2.24) is 10.3 Å². The van der Waals surface area contributed by atoms with Crippen LogP contribution in [0, 0.1) is 5.41 Å². The van der Waals surface area contributed by atoms with E-state index >= 15 is 0 Å². The van der Waals surface area contributed by atoms with Crippen molar-refractivity contribution < 1.29 is 14.7 Å². The third-order valence-electron chi connectivity index (χ3n) is 2.86. The van der Waals surface area contributed by atoms with Gasteiger partial charge in [0.25, 0.3) is 5.91 Å². The zero-order chi connectivity index (χ0) is 15.5. The number of pyridine rings is 1. The van der Waals surface area contributed by atoms with Crippen molar-refractivity contribution in [3.05, 3.63) is 23.9 Å². The Hall–Kier alpha value is -2.11. The number of nitrogens with one attached hydrogen (secondary N) is 1. The predicted molar refractivity (Wildman–Crippen MR) is 76.9 cm³/mol. The van der Waals surface area contributed by atoms with Gasteiger partial charge >= 0.3 is 5.97 Å². The smallest absolute Gasteiger partial charge is 0.326 e. The molecule has 0 spiro atoms. The van der Waals surface area contributed by atoms with E-state index in [0.717, 1.165) is 5.82 Å². The van der Waals surface area contributed by atoms with Gasteiger partial charge in [-0.3, -0.25) is 4.79 Å². The summed E-state index contributed by atoms with van der Waals surface area (Å²) in [5.74, 6) is -0.763. The molecule has 1 aromatic heterocycles. The van der Waals surface area contributed by atoms with Crippen molar-refractivity contribution in [2.75, 3.05) is 19.0 Å². The average Bonchev–Trinajstić information content (AvgIpc) is 2.33. The van der Waals surface area contributed by atoms with Gasteiger partial charge in [0.15, 0.2) is 0 Å². The van der Waals surface area contributed by atoms with E-state index in [4.69, 9.17) is 0 Å². The Bertz CT molecular complexity index is 489. The quantitative estimate of drug-likeness (QED) is 0.870. The zero-order valence-corrected chi connectivity index (χ0v) is 12.5. The first-order valence-corrected chi connectivity index (χ1v) is 6.30. The highest BCUT2D eigenvalue weighted by Crippen LogP contribution is 2.20. The second kappa shape index (κ2) is 5.90. The highest BCUT2D eigenvalue weighted by molar-refractivity contribution is 5.96. The topological polar surface area (TPSA) is 82.5 Å². The summed E-state index contributed by atoms with van der Waals surface area (Å²) < 4.78 is 0. The molecule has 110 valence electrons. The number of nitrogens with zero attached hydrogens (tertiary/aromatic N) is 2.